The summed E-state index contributed by atoms with van der Waals surface area (Å²) in [5.41, 5.74) is 1.86. The summed E-state index contributed by atoms with van der Waals surface area (Å²) in [4.78, 5) is 35.0. The molecule has 0 aliphatic heterocycles. The summed E-state index contributed by atoms with van der Waals surface area (Å²) in [5, 5.41) is 5.13. The third kappa shape index (κ3) is 6.06. The van der Waals surface area contributed by atoms with Crippen LogP contribution in [-0.4, -0.2) is 40.0 Å². The molecule has 0 saturated carbocycles. The van der Waals surface area contributed by atoms with Crippen LogP contribution in [0.1, 0.15) is 39.1 Å². The Kier molecular flexibility index (Phi) is 7.42. The molecule has 9 nitrogen and oxygen atoms in total. The number of oxime groups is 1. The molecule has 0 radical (unpaired) electrons. The van der Waals surface area contributed by atoms with Crippen molar-refractivity contribution in [3.63, 3.8) is 0 Å². The molecule has 0 fully saturated rings. The maximum Gasteiger partial charge on any atom is 0.419 e. The van der Waals surface area contributed by atoms with Crippen LogP contribution in [0.15, 0.2) is 59.8 Å². The molecule has 0 spiro atoms. The Morgan fingerprint density at radius 1 is 1.08 bits per heavy atom. The molecule has 0 N–H and O–H groups in total. The fourth-order valence-corrected chi connectivity index (χ4v) is 3.78. The van der Waals surface area contributed by atoms with Crippen LogP contribution in [-0.2, 0) is 21.0 Å². The number of carbonyl (C=O) groups excluding carboxylic acids is 2. The monoisotopic (exact) mass is 503 g/mol. The van der Waals surface area contributed by atoms with E-state index in [-0.39, 0.29) is 19.0 Å². The number of fused-ring (bicyclic) bond motifs is 2. The highest BCUT2D eigenvalue weighted by Crippen LogP contribution is 2.36. The van der Waals surface area contributed by atoms with Gasteiger partial charge in [-0.1, -0.05) is 29.4 Å². The molecule has 0 amide bonds. The van der Waals surface area contributed by atoms with E-state index in [0.717, 1.165) is 16.6 Å². The van der Waals surface area contributed by atoms with Crippen molar-refractivity contribution in [1.82, 2.24) is 9.55 Å². The zero-order valence-corrected chi connectivity index (χ0v) is 21.5. The molecular weight excluding hydrogens is 474 g/mol. The molecule has 37 heavy (non-hydrogen) atoms. The van der Waals surface area contributed by atoms with Crippen molar-refractivity contribution in [2.24, 2.45) is 5.16 Å². The van der Waals surface area contributed by atoms with Crippen molar-refractivity contribution in [1.29, 1.82) is 0 Å². The Bertz CT molecular complexity index is 1480. The average Bonchev–Trinajstić information content (AvgIpc) is 3.12. The van der Waals surface area contributed by atoms with Gasteiger partial charge in [0.15, 0.2) is 5.75 Å². The van der Waals surface area contributed by atoms with Gasteiger partial charge in [-0.3, -0.25) is 0 Å². The minimum atomic E-state index is -0.709. The summed E-state index contributed by atoms with van der Waals surface area (Å²) in [5.74, 6) is 0.0702. The molecule has 4 rings (SSSR count). The normalized spacial score (nSPS) is 11.7. The van der Waals surface area contributed by atoms with Crippen molar-refractivity contribution in [3.05, 3.63) is 66.0 Å². The van der Waals surface area contributed by atoms with Gasteiger partial charge < -0.3 is 19.0 Å². The molecule has 192 valence electrons. The summed E-state index contributed by atoms with van der Waals surface area (Å²) in [7, 11) is 0. The van der Waals surface area contributed by atoms with Gasteiger partial charge in [-0.05, 0) is 65.0 Å². The Morgan fingerprint density at radius 2 is 1.86 bits per heavy atom. The second-order valence-corrected chi connectivity index (χ2v) is 9.30. The Morgan fingerprint density at radius 3 is 2.62 bits per heavy atom. The molecule has 4 aromatic rings. The first-order valence-electron chi connectivity index (χ1n) is 11.8. The summed E-state index contributed by atoms with van der Waals surface area (Å²) in [6.07, 6.45) is 0.833. The smallest absolute Gasteiger partial charge is 0.419 e. The lowest BCUT2D eigenvalue weighted by atomic mass is 10.2. The van der Waals surface area contributed by atoms with Gasteiger partial charge in [0.25, 0.3) is 0 Å². The standard InChI is InChI=1S/C28H29N3O6/c1-6-29-35-17-25(32)36-26-18(2)31(27(33)37-28(3,4)5)24-14-13-21(15-22(24)26)34-16-20-12-11-19-9-7-8-10-23(19)30-20/h6-15H,16-17H2,1-5H3. The number of carbonyl (C=O) groups is 2. The van der Waals surface area contributed by atoms with Gasteiger partial charge in [0.05, 0.1) is 22.4 Å². The first-order chi connectivity index (χ1) is 17.7. The van der Waals surface area contributed by atoms with E-state index in [1.165, 1.54) is 10.8 Å². The van der Waals surface area contributed by atoms with Crippen LogP contribution in [0.5, 0.6) is 11.5 Å². The van der Waals surface area contributed by atoms with Gasteiger partial charge in [-0.25, -0.2) is 19.1 Å². The van der Waals surface area contributed by atoms with E-state index in [1.54, 1.807) is 52.8 Å². The summed E-state index contributed by atoms with van der Waals surface area (Å²) < 4.78 is 18.6. The fourth-order valence-electron chi connectivity index (χ4n) is 3.78. The average molecular weight is 504 g/mol. The quantitative estimate of drug-likeness (QED) is 0.179. The van der Waals surface area contributed by atoms with Gasteiger partial charge in [0.1, 0.15) is 18.0 Å². The van der Waals surface area contributed by atoms with Gasteiger partial charge in [0.2, 0.25) is 6.61 Å². The zero-order valence-electron chi connectivity index (χ0n) is 21.5. The highest BCUT2D eigenvalue weighted by molar-refractivity contribution is 5.98. The van der Waals surface area contributed by atoms with Crippen LogP contribution in [0, 0.1) is 6.92 Å². The lowest BCUT2D eigenvalue weighted by Gasteiger charge is -2.20. The van der Waals surface area contributed by atoms with Gasteiger partial charge in [-0.2, -0.15) is 0 Å². The van der Waals surface area contributed by atoms with E-state index in [1.807, 2.05) is 36.4 Å². The molecule has 0 bridgehead atoms. The third-order valence-corrected chi connectivity index (χ3v) is 5.31. The first-order valence-corrected chi connectivity index (χ1v) is 11.8. The van der Waals surface area contributed by atoms with Crippen LogP contribution in [0.3, 0.4) is 0 Å². The van der Waals surface area contributed by atoms with E-state index in [2.05, 4.69) is 10.1 Å². The predicted molar refractivity (Wildman–Crippen MR) is 140 cm³/mol. The third-order valence-electron chi connectivity index (χ3n) is 5.31. The van der Waals surface area contributed by atoms with Gasteiger partial charge in [-0.15, -0.1) is 0 Å². The maximum absolute atomic E-state index is 13.0. The summed E-state index contributed by atoms with van der Waals surface area (Å²) >= 11 is 0. The molecule has 2 aromatic heterocycles. The fraction of sp³-hybridized carbons (Fsp3) is 0.286. The van der Waals surface area contributed by atoms with Gasteiger partial charge in [0, 0.05) is 17.0 Å². The number of pyridine rings is 1. The van der Waals surface area contributed by atoms with Crippen LogP contribution >= 0.6 is 0 Å². The molecule has 0 aliphatic carbocycles. The SMILES string of the molecule is CC=NOCC(=O)Oc1c(C)n(C(=O)OC(C)(C)C)c2ccc(OCc3ccc4ccccc4n3)cc12. The first kappa shape index (κ1) is 25.7. The number of rotatable bonds is 7. The highest BCUT2D eigenvalue weighted by Gasteiger charge is 2.26. The minimum Gasteiger partial charge on any atom is -0.487 e. The largest absolute Gasteiger partial charge is 0.487 e. The summed E-state index contributed by atoms with van der Waals surface area (Å²) in [6, 6.07) is 17.0. The van der Waals surface area contributed by atoms with E-state index >= 15 is 0 Å². The molecule has 0 aliphatic rings. The number of nitrogens with zero attached hydrogens (tertiary/aromatic N) is 3. The molecule has 0 atom stereocenters. The molecule has 2 aromatic carbocycles. The lowest BCUT2D eigenvalue weighted by Crippen LogP contribution is -2.27. The maximum atomic E-state index is 13.0. The van der Waals surface area contributed by atoms with Crippen molar-refractivity contribution in [3.8, 4) is 11.5 Å². The van der Waals surface area contributed by atoms with E-state index in [0.29, 0.717) is 22.3 Å². The molecule has 0 saturated heterocycles. The molecule has 2 heterocycles. The van der Waals surface area contributed by atoms with Crippen LogP contribution < -0.4 is 9.47 Å². The lowest BCUT2D eigenvalue weighted by molar-refractivity contribution is -0.139. The highest BCUT2D eigenvalue weighted by atomic mass is 16.7. The molecular formula is C28H29N3O6. The molecule has 9 heteroatoms. The van der Waals surface area contributed by atoms with Crippen LogP contribution in [0.4, 0.5) is 4.79 Å². The van der Waals surface area contributed by atoms with Crippen molar-refractivity contribution < 1.29 is 28.6 Å². The van der Waals surface area contributed by atoms with Crippen molar-refractivity contribution >= 4 is 40.1 Å². The number of benzene rings is 2. The Hall–Kier alpha value is -4.40. The van der Waals surface area contributed by atoms with Crippen LogP contribution in [0.25, 0.3) is 21.8 Å². The van der Waals surface area contributed by atoms with E-state index < -0.39 is 17.7 Å². The number of esters is 1. The van der Waals surface area contributed by atoms with Gasteiger partial charge >= 0.3 is 12.1 Å². The second-order valence-electron chi connectivity index (χ2n) is 9.30. The Labute approximate surface area is 214 Å². The van der Waals surface area contributed by atoms with E-state index in [9.17, 15) is 9.59 Å². The van der Waals surface area contributed by atoms with E-state index in [4.69, 9.17) is 19.0 Å². The Balaban J connectivity index is 1.66. The summed E-state index contributed by atoms with van der Waals surface area (Å²) in [6.45, 7) is 8.55. The van der Waals surface area contributed by atoms with Crippen molar-refractivity contribution in [2.45, 2.75) is 46.8 Å². The topological polar surface area (TPSA) is 101 Å². The number of hydrogen-bond acceptors (Lipinski definition) is 8. The number of ether oxygens (including phenoxy) is 3. The van der Waals surface area contributed by atoms with Crippen LogP contribution in [0.2, 0.25) is 0 Å². The molecule has 0 unspecified atom stereocenters. The number of hydrogen-bond donors (Lipinski definition) is 0. The second kappa shape index (κ2) is 10.7. The predicted octanol–water partition coefficient (Wildman–Crippen LogP) is 5.79. The minimum absolute atomic E-state index is 0.212. The van der Waals surface area contributed by atoms with Crippen molar-refractivity contribution in [2.75, 3.05) is 6.61 Å². The number of para-hydroxylation sites is 1. The zero-order chi connectivity index (χ0) is 26.6. The number of aromatic nitrogens is 2.